The monoisotopic (exact) mass is 403 g/mol. The van der Waals surface area contributed by atoms with Gasteiger partial charge in [-0.15, -0.1) is 0 Å². The molecule has 2 aromatic carbocycles. The first kappa shape index (κ1) is 20.5. The lowest BCUT2D eigenvalue weighted by molar-refractivity contribution is -0.910. The Balaban J connectivity index is 1.75. The lowest BCUT2D eigenvalue weighted by Gasteiger charge is -2.23. The van der Waals surface area contributed by atoms with E-state index in [1.807, 2.05) is 44.2 Å². The molecule has 1 amide bonds. The molecule has 0 aromatic heterocycles. The lowest BCUT2D eigenvalue weighted by Crippen LogP contribution is -3.11. The van der Waals surface area contributed by atoms with Crippen molar-refractivity contribution in [2.24, 2.45) is 0 Å². The number of hydrogen-bond donors (Lipinski definition) is 2. The molecule has 6 heteroatoms. The van der Waals surface area contributed by atoms with Crippen LogP contribution in [0.4, 0.5) is 5.69 Å². The number of halogens is 1. The van der Waals surface area contributed by atoms with E-state index >= 15 is 0 Å². The first-order chi connectivity index (χ1) is 13.4. The summed E-state index contributed by atoms with van der Waals surface area (Å²) in [5.41, 5.74) is 3.88. The summed E-state index contributed by atoms with van der Waals surface area (Å²) in [7, 11) is 3.31. The molecule has 2 N–H and O–H groups in total. The zero-order valence-electron chi connectivity index (χ0n) is 16.9. The molecule has 3 rings (SSSR count). The average Bonchev–Trinajstić information content (AvgIpc) is 3.11. The predicted octanol–water partition coefficient (Wildman–Crippen LogP) is 3.33. The number of benzene rings is 2. The van der Waals surface area contributed by atoms with Gasteiger partial charge in [0.25, 0.3) is 5.91 Å². The summed E-state index contributed by atoms with van der Waals surface area (Å²) in [6.07, 6.45) is 2.10. The number of hydrogen-bond acceptors (Lipinski definition) is 3. The Labute approximate surface area is 171 Å². The largest absolute Gasteiger partial charge is 0.497 e. The highest BCUT2D eigenvalue weighted by Crippen LogP contribution is 2.32. The fraction of sp³-hybridized carbons (Fsp3) is 0.409. The van der Waals surface area contributed by atoms with Gasteiger partial charge in [-0.2, -0.15) is 0 Å². The van der Waals surface area contributed by atoms with Gasteiger partial charge in [-0.3, -0.25) is 4.79 Å². The van der Waals surface area contributed by atoms with Crippen molar-refractivity contribution < 1.29 is 19.2 Å². The highest BCUT2D eigenvalue weighted by atomic mass is 35.5. The number of carbonyl (C=O) groups excluding carboxylic acids is 1. The Bertz CT molecular complexity index is 846. The van der Waals surface area contributed by atoms with E-state index in [1.165, 1.54) is 4.90 Å². The highest BCUT2D eigenvalue weighted by molar-refractivity contribution is 6.34. The van der Waals surface area contributed by atoms with E-state index in [2.05, 4.69) is 5.32 Å². The van der Waals surface area contributed by atoms with Crippen molar-refractivity contribution in [2.75, 3.05) is 32.6 Å². The smallest absolute Gasteiger partial charge is 0.279 e. The van der Waals surface area contributed by atoms with Crippen LogP contribution in [0.25, 0.3) is 0 Å². The minimum atomic E-state index is -0.0248. The lowest BCUT2D eigenvalue weighted by atomic mass is 10.0. The number of anilines is 1. The fourth-order valence-corrected chi connectivity index (χ4v) is 4.44. The van der Waals surface area contributed by atoms with Crippen LogP contribution in [-0.2, 0) is 4.79 Å². The van der Waals surface area contributed by atoms with E-state index in [0.29, 0.717) is 17.3 Å². The van der Waals surface area contributed by atoms with Gasteiger partial charge in [-0.05, 0) is 43.2 Å². The highest BCUT2D eigenvalue weighted by Gasteiger charge is 2.34. The zero-order valence-corrected chi connectivity index (χ0v) is 17.7. The normalized spacial score (nSPS) is 18.8. The van der Waals surface area contributed by atoms with Crippen molar-refractivity contribution in [1.29, 1.82) is 0 Å². The van der Waals surface area contributed by atoms with Crippen LogP contribution >= 0.6 is 11.6 Å². The Morgan fingerprint density at radius 1 is 1.21 bits per heavy atom. The van der Waals surface area contributed by atoms with Gasteiger partial charge in [0.2, 0.25) is 0 Å². The quantitative estimate of drug-likeness (QED) is 0.777. The number of nitrogens with one attached hydrogen (secondary N) is 2. The van der Waals surface area contributed by atoms with Crippen LogP contribution in [0.1, 0.15) is 35.6 Å². The maximum Gasteiger partial charge on any atom is 0.279 e. The number of ether oxygens (including phenoxy) is 2. The molecule has 0 bridgehead atoms. The molecule has 28 heavy (non-hydrogen) atoms. The molecule has 150 valence electrons. The van der Waals surface area contributed by atoms with Crippen LogP contribution in [0.15, 0.2) is 30.3 Å². The van der Waals surface area contributed by atoms with Crippen molar-refractivity contribution in [1.82, 2.24) is 0 Å². The summed E-state index contributed by atoms with van der Waals surface area (Å²) in [6, 6.07) is 10.0. The topological polar surface area (TPSA) is 52.0 Å². The van der Waals surface area contributed by atoms with Crippen LogP contribution in [0, 0.1) is 13.8 Å². The molecule has 0 aliphatic carbocycles. The molecular weight excluding hydrogens is 376 g/mol. The van der Waals surface area contributed by atoms with E-state index < -0.39 is 0 Å². The number of rotatable bonds is 6. The maximum absolute atomic E-state index is 12.7. The molecule has 1 heterocycles. The molecule has 1 aliphatic heterocycles. The van der Waals surface area contributed by atoms with E-state index in [-0.39, 0.29) is 11.9 Å². The van der Waals surface area contributed by atoms with Crippen LogP contribution in [-0.4, -0.2) is 33.2 Å². The number of likely N-dealkylation sites (tertiary alicyclic amines) is 1. The third-order valence-corrected chi connectivity index (χ3v) is 5.68. The molecule has 0 saturated carbocycles. The Kier molecular flexibility index (Phi) is 6.47. The fourth-order valence-electron chi connectivity index (χ4n) is 4.07. The van der Waals surface area contributed by atoms with E-state index in [0.717, 1.165) is 47.6 Å². The van der Waals surface area contributed by atoms with E-state index in [1.54, 1.807) is 14.2 Å². The van der Waals surface area contributed by atoms with Gasteiger partial charge in [0.05, 0.1) is 37.0 Å². The van der Waals surface area contributed by atoms with E-state index in [4.69, 9.17) is 21.1 Å². The Hall–Kier alpha value is -2.24. The Morgan fingerprint density at radius 3 is 2.68 bits per heavy atom. The number of amides is 1. The van der Waals surface area contributed by atoms with Crippen LogP contribution in [0.3, 0.4) is 0 Å². The minimum Gasteiger partial charge on any atom is -0.497 e. The summed E-state index contributed by atoms with van der Waals surface area (Å²) in [4.78, 5) is 14.0. The van der Waals surface area contributed by atoms with Crippen LogP contribution < -0.4 is 19.7 Å². The van der Waals surface area contributed by atoms with Crippen molar-refractivity contribution in [2.45, 2.75) is 32.7 Å². The van der Waals surface area contributed by atoms with E-state index in [9.17, 15) is 4.79 Å². The summed E-state index contributed by atoms with van der Waals surface area (Å²) < 4.78 is 10.9. The Morgan fingerprint density at radius 2 is 2.00 bits per heavy atom. The molecule has 1 aliphatic rings. The zero-order chi connectivity index (χ0) is 20.3. The van der Waals surface area contributed by atoms with Gasteiger partial charge in [0.15, 0.2) is 6.54 Å². The summed E-state index contributed by atoms with van der Waals surface area (Å²) in [6.45, 7) is 5.30. The molecule has 1 fully saturated rings. The van der Waals surface area contributed by atoms with Crippen molar-refractivity contribution in [3.8, 4) is 11.5 Å². The molecule has 1 unspecified atom stereocenters. The SMILES string of the molecule is COc1ccc([C@@H]2CCC[NH+]2CC(=O)Nc2c(C)cc(C)cc2Cl)c(OC)c1. The van der Waals surface area contributed by atoms with Gasteiger partial charge in [-0.25, -0.2) is 0 Å². The molecule has 0 spiro atoms. The number of quaternary nitrogens is 1. The van der Waals surface area contributed by atoms with Crippen LogP contribution in [0.2, 0.25) is 5.02 Å². The average molecular weight is 404 g/mol. The van der Waals surface area contributed by atoms with Crippen molar-refractivity contribution in [3.05, 3.63) is 52.0 Å². The van der Waals surface area contributed by atoms with Gasteiger partial charge in [-0.1, -0.05) is 17.7 Å². The van der Waals surface area contributed by atoms with Gasteiger partial charge in [0, 0.05) is 18.9 Å². The molecule has 1 saturated heterocycles. The molecule has 2 aromatic rings. The summed E-state index contributed by atoms with van der Waals surface area (Å²) >= 11 is 6.34. The molecule has 5 nitrogen and oxygen atoms in total. The van der Waals surface area contributed by atoms with Gasteiger partial charge >= 0.3 is 0 Å². The second-order valence-corrected chi connectivity index (χ2v) is 7.78. The first-order valence-electron chi connectivity index (χ1n) is 9.56. The summed E-state index contributed by atoms with van der Waals surface area (Å²) in [5.74, 6) is 1.55. The van der Waals surface area contributed by atoms with Crippen molar-refractivity contribution in [3.63, 3.8) is 0 Å². The second kappa shape index (κ2) is 8.84. The summed E-state index contributed by atoms with van der Waals surface area (Å²) in [5, 5.41) is 3.59. The predicted molar refractivity (Wildman–Crippen MR) is 112 cm³/mol. The molecular formula is C22H28ClN2O3+. The minimum absolute atomic E-state index is 0.0248. The standard InChI is InChI=1S/C22H27ClN2O3/c1-14-10-15(2)22(18(23)11-14)24-21(26)13-25-9-5-6-19(25)17-8-7-16(27-3)12-20(17)28-4/h7-8,10-12,19H,5-6,9,13H2,1-4H3,(H,24,26)/p+1/t19-/m0/s1. The van der Waals surface area contributed by atoms with Gasteiger partial charge < -0.3 is 19.7 Å². The molecule has 2 atom stereocenters. The number of aryl methyl sites for hydroxylation is 2. The maximum atomic E-state index is 12.7. The third-order valence-electron chi connectivity index (χ3n) is 5.38. The number of methoxy groups -OCH3 is 2. The first-order valence-corrected chi connectivity index (χ1v) is 9.93. The molecule has 0 radical (unpaired) electrons. The van der Waals surface area contributed by atoms with Crippen LogP contribution in [0.5, 0.6) is 11.5 Å². The third kappa shape index (κ3) is 4.42. The van der Waals surface area contributed by atoms with Crippen molar-refractivity contribution >= 4 is 23.2 Å². The number of carbonyl (C=O) groups is 1. The second-order valence-electron chi connectivity index (χ2n) is 7.37. The van der Waals surface area contributed by atoms with Gasteiger partial charge in [0.1, 0.15) is 17.5 Å².